The Labute approximate surface area is 260 Å². The maximum Gasteiger partial charge on any atom is 2.00 e. The summed E-state index contributed by atoms with van der Waals surface area (Å²) in [7, 11) is -0.727. The van der Waals surface area contributed by atoms with Crippen LogP contribution in [-0.4, -0.2) is 23.3 Å². The third kappa shape index (κ3) is 13.7. The van der Waals surface area contributed by atoms with Crippen molar-refractivity contribution in [3.05, 3.63) is 121 Å². The standard InChI is InChI=1S/C30H32P2.2C2H4O2.Ru/c1-25(31(27-15-7-3-8-16-27)28-17-9-4-10-18-28)23-24-26(2)32(29-19-11-5-12-20-29)30-21-13-6-14-22-30;2*1-2(3)4;/h3-22,25-26H,23-24H2,1-2H3;2*1H3,(H,3,4);/q;;;+2/p-2/t25-,26-;;;/m1.../s1. The van der Waals surface area contributed by atoms with E-state index in [0.29, 0.717) is 11.3 Å². The molecule has 0 aliphatic heterocycles. The number of carboxylic acid groups (broad SMARTS) is 2. The zero-order valence-corrected chi connectivity index (χ0v) is 27.5. The average molecular weight is 674 g/mol. The van der Waals surface area contributed by atoms with Crippen molar-refractivity contribution >= 4 is 49.0 Å². The van der Waals surface area contributed by atoms with Gasteiger partial charge in [-0.1, -0.05) is 135 Å². The minimum Gasteiger partial charge on any atom is -0.550 e. The van der Waals surface area contributed by atoms with Gasteiger partial charge in [-0.05, 0) is 75.1 Å². The number of rotatable bonds is 9. The smallest absolute Gasteiger partial charge is 0.550 e. The molecule has 0 N–H and O–H groups in total. The van der Waals surface area contributed by atoms with Crippen molar-refractivity contribution in [1.29, 1.82) is 0 Å². The van der Waals surface area contributed by atoms with E-state index in [1.807, 2.05) is 0 Å². The van der Waals surface area contributed by atoms with Crippen LogP contribution in [0.2, 0.25) is 0 Å². The van der Waals surface area contributed by atoms with Crippen LogP contribution in [-0.2, 0) is 29.1 Å². The summed E-state index contributed by atoms with van der Waals surface area (Å²) >= 11 is 0. The summed E-state index contributed by atoms with van der Waals surface area (Å²) in [6.45, 7) is 6.87. The zero-order chi connectivity index (χ0) is 29.3. The number of carbonyl (C=O) groups is 2. The van der Waals surface area contributed by atoms with Crippen molar-refractivity contribution in [2.75, 3.05) is 0 Å². The van der Waals surface area contributed by atoms with Gasteiger partial charge < -0.3 is 19.8 Å². The van der Waals surface area contributed by atoms with Gasteiger partial charge in [-0.3, -0.25) is 0 Å². The molecule has 4 aromatic rings. The van der Waals surface area contributed by atoms with Crippen LogP contribution in [0.4, 0.5) is 0 Å². The predicted octanol–water partition coefficient (Wildman–Crippen LogP) is 4.32. The summed E-state index contributed by atoms with van der Waals surface area (Å²) in [5.41, 5.74) is 1.28. The number of aliphatic carboxylic acids is 2. The second-order valence-corrected chi connectivity index (χ2v) is 14.6. The Morgan fingerprint density at radius 3 is 0.854 bits per heavy atom. The molecule has 0 saturated heterocycles. The Morgan fingerprint density at radius 1 is 0.512 bits per heavy atom. The largest absolute Gasteiger partial charge is 2.00 e. The van der Waals surface area contributed by atoms with E-state index in [1.165, 1.54) is 34.1 Å². The molecule has 0 amide bonds. The average Bonchev–Trinajstić information content (AvgIpc) is 2.94. The molecule has 0 unspecified atom stereocenters. The van der Waals surface area contributed by atoms with E-state index in [-0.39, 0.29) is 35.3 Å². The summed E-state index contributed by atoms with van der Waals surface area (Å²) < 4.78 is 0. The maximum absolute atomic E-state index is 8.89. The molecule has 0 bridgehead atoms. The first-order chi connectivity index (χ1) is 19.2. The molecule has 2 atom stereocenters. The van der Waals surface area contributed by atoms with E-state index in [0.717, 1.165) is 13.8 Å². The van der Waals surface area contributed by atoms with Crippen LogP contribution in [0.5, 0.6) is 0 Å². The second-order valence-electron chi connectivity index (χ2n) is 9.34. The van der Waals surface area contributed by atoms with E-state index in [1.54, 1.807) is 0 Å². The summed E-state index contributed by atoms with van der Waals surface area (Å²) in [6.07, 6.45) is 2.49. The van der Waals surface area contributed by atoms with E-state index in [9.17, 15) is 0 Å². The third-order valence-electron chi connectivity index (χ3n) is 6.02. The Hall–Kier alpha value is -2.70. The van der Waals surface area contributed by atoms with Crippen molar-refractivity contribution in [3.63, 3.8) is 0 Å². The van der Waals surface area contributed by atoms with Gasteiger partial charge in [0, 0.05) is 11.9 Å². The molecule has 0 saturated carbocycles. The molecule has 0 radical (unpaired) electrons. The molecular formula is C34H38O4P2Ru. The zero-order valence-electron chi connectivity index (χ0n) is 24.0. The van der Waals surface area contributed by atoms with Crippen LogP contribution in [0.1, 0.15) is 40.5 Å². The molecule has 4 aromatic carbocycles. The topological polar surface area (TPSA) is 80.3 Å². The first-order valence-electron chi connectivity index (χ1n) is 13.3. The Balaban J connectivity index is 0.000000830. The van der Waals surface area contributed by atoms with E-state index in [2.05, 4.69) is 135 Å². The fraction of sp³-hybridized carbons (Fsp3) is 0.235. The van der Waals surface area contributed by atoms with Crippen LogP contribution >= 0.6 is 15.8 Å². The van der Waals surface area contributed by atoms with Crippen LogP contribution in [0.25, 0.3) is 0 Å². The van der Waals surface area contributed by atoms with Gasteiger partial charge in [0.25, 0.3) is 0 Å². The van der Waals surface area contributed by atoms with Gasteiger partial charge in [-0.2, -0.15) is 0 Å². The van der Waals surface area contributed by atoms with Crippen LogP contribution in [0.15, 0.2) is 121 Å². The van der Waals surface area contributed by atoms with Gasteiger partial charge in [0.2, 0.25) is 0 Å². The molecule has 0 aromatic heterocycles. The minimum atomic E-state index is -1.08. The molecule has 216 valence electrons. The number of benzene rings is 4. The normalized spacial score (nSPS) is 11.6. The van der Waals surface area contributed by atoms with E-state index in [4.69, 9.17) is 19.8 Å². The molecule has 0 spiro atoms. The van der Waals surface area contributed by atoms with Crippen molar-refractivity contribution < 1.29 is 39.3 Å². The number of carboxylic acids is 2. The number of carbonyl (C=O) groups excluding carboxylic acids is 2. The Kier molecular flexibility index (Phi) is 17.9. The van der Waals surface area contributed by atoms with Crippen molar-refractivity contribution in [2.45, 2.75) is 51.9 Å². The summed E-state index contributed by atoms with van der Waals surface area (Å²) in [6, 6.07) is 44.6. The summed E-state index contributed by atoms with van der Waals surface area (Å²) in [5.74, 6) is -2.17. The van der Waals surface area contributed by atoms with Crippen molar-refractivity contribution in [3.8, 4) is 0 Å². The summed E-state index contributed by atoms with van der Waals surface area (Å²) in [5, 5.41) is 23.7. The quantitative estimate of drug-likeness (QED) is 0.196. The summed E-state index contributed by atoms with van der Waals surface area (Å²) in [4.78, 5) is 17.8. The van der Waals surface area contributed by atoms with E-state index >= 15 is 0 Å². The Bertz CT molecular complexity index is 1070. The van der Waals surface area contributed by atoms with Gasteiger partial charge in [0.1, 0.15) is 0 Å². The molecule has 4 rings (SSSR count). The Morgan fingerprint density at radius 2 is 0.683 bits per heavy atom. The number of hydrogen-bond donors (Lipinski definition) is 0. The van der Waals surface area contributed by atoms with Gasteiger partial charge in [0.15, 0.2) is 0 Å². The van der Waals surface area contributed by atoms with Gasteiger partial charge in [0.05, 0.1) is 0 Å². The van der Waals surface area contributed by atoms with Gasteiger partial charge in [-0.15, -0.1) is 0 Å². The van der Waals surface area contributed by atoms with Crippen LogP contribution < -0.4 is 31.4 Å². The second kappa shape index (κ2) is 20.2. The molecule has 4 nitrogen and oxygen atoms in total. The molecule has 0 heterocycles. The minimum absolute atomic E-state index is 0. The predicted molar refractivity (Wildman–Crippen MR) is 168 cm³/mol. The molecule has 0 fully saturated rings. The van der Waals surface area contributed by atoms with Gasteiger partial charge >= 0.3 is 19.5 Å². The van der Waals surface area contributed by atoms with Crippen molar-refractivity contribution in [1.82, 2.24) is 0 Å². The van der Waals surface area contributed by atoms with E-state index < -0.39 is 11.9 Å². The molecular weight excluding hydrogens is 635 g/mol. The fourth-order valence-electron chi connectivity index (χ4n) is 4.41. The fourth-order valence-corrected chi connectivity index (χ4v) is 9.83. The SMILES string of the molecule is CC(=O)[O-].CC(=O)[O-].C[C@H](CC[C@@H](C)P(c1ccccc1)c1ccccc1)P(c1ccccc1)c1ccccc1.[Ru+2]. The van der Waals surface area contributed by atoms with Crippen LogP contribution in [0, 0.1) is 0 Å². The maximum atomic E-state index is 8.89. The molecule has 0 aliphatic rings. The third-order valence-corrected chi connectivity index (χ3v) is 11.7. The monoisotopic (exact) mass is 674 g/mol. The van der Waals surface area contributed by atoms with Gasteiger partial charge in [-0.25, -0.2) is 0 Å². The molecule has 7 heteroatoms. The molecule has 41 heavy (non-hydrogen) atoms. The first-order valence-corrected chi connectivity index (χ1v) is 16.2. The van der Waals surface area contributed by atoms with Crippen molar-refractivity contribution in [2.24, 2.45) is 0 Å². The number of hydrogen-bond acceptors (Lipinski definition) is 4. The van der Waals surface area contributed by atoms with Crippen LogP contribution in [0.3, 0.4) is 0 Å². The molecule has 0 aliphatic carbocycles. The first kappa shape index (κ1) is 36.3.